The van der Waals surface area contributed by atoms with Gasteiger partial charge in [0.05, 0.1) is 13.5 Å². The Bertz CT molecular complexity index is 547. The van der Waals surface area contributed by atoms with Crippen LogP contribution in [0.1, 0.15) is 11.1 Å². The third-order valence-electron chi connectivity index (χ3n) is 2.86. The largest absolute Gasteiger partial charge is 0.497 e. The Morgan fingerprint density at radius 3 is 2.65 bits per heavy atom. The quantitative estimate of drug-likeness (QED) is 0.854. The van der Waals surface area contributed by atoms with E-state index in [1.165, 1.54) is 0 Å². The second-order valence-corrected chi connectivity index (χ2v) is 4.68. The second-order valence-electron chi connectivity index (χ2n) is 4.41. The molecule has 0 aliphatic heterocycles. The number of rotatable bonds is 5. The minimum Gasteiger partial charge on any atom is -0.497 e. The van der Waals surface area contributed by atoms with Crippen LogP contribution in [0.3, 0.4) is 0 Å². The normalized spacial score (nSPS) is 10.1. The smallest absolute Gasteiger partial charge is 0.228 e. The van der Waals surface area contributed by atoms with E-state index in [2.05, 4.69) is 5.32 Å². The van der Waals surface area contributed by atoms with Gasteiger partial charge in [0.1, 0.15) is 5.75 Å². The topological polar surface area (TPSA) is 38.3 Å². The molecule has 3 nitrogen and oxygen atoms in total. The first kappa shape index (κ1) is 14.4. The minimum atomic E-state index is -0.0648. The molecule has 4 heteroatoms. The summed E-state index contributed by atoms with van der Waals surface area (Å²) in [6.07, 6.45) is 0.308. The molecule has 0 spiro atoms. The number of benzene rings is 2. The Hall–Kier alpha value is -2.00. The molecule has 104 valence electrons. The zero-order valence-electron chi connectivity index (χ0n) is 11.2. The van der Waals surface area contributed by atoms with Gasteiger partial charge in [0.2, 0.25) is 5.91 Å². The third-order valence-corrected chi connectivity index (χ3v) is 3.17. The number of anilines is 1. The minimum absolute atomic E-state index is 0.0648. The number of carbonyl (C=O) groups excluding carboxylic acids is 1. The Kier molecular flexibility index (Phi) is 5.02. The van der Waals surface area contributed by atoms with E-state index in [1.54, 1.807) is 7.11 Å². The van der Waals surface area contributed by atoms with Crippen LogP contribution in [0.4, 0.5) is 5.69 Å². The SMILES string of the molecule is COc1cccc(CC(=O)Nc2cccc(CCl)c2)c1. The van der Waals surface area contributed by atoms with Gasteiger partial charge in [-0.1, -0.05) is 24.3 Å². The maximum Gasteiger partial charge on any atom is 0.228 e. The number of methoxy groups -OCH3 is 1. The van der Waals surface area contributed by atoms with Crippen LogP contribution in [0, 0.1) is 0 Å². The number of halogens is 1. The van der Waals surface area contributed by atoms with Gasteiger partial charge in [0.25, 0.3) is 0 Å². The van der Waals surface area contributed by atoms with Crippen LogP contribution in [0.15, 0.2) is 48.5 Å². The fourth-order valence-electron chi connectivity index (χ4n) is 1.91. The Balaban J connectivity index is 2.01. The average molecular weight is 290 g/mol. The average Bonchev–Trinajstić information content (AvgIpc) is 2.47. The molecule has 0 aliphatic carbocycles. The number of nitrogens with one attached hydrogen (secondary N) is 1. The molecule has 0 atom stereocenters. The summed E-state index contributed by atoms with van der Waals surface area (Å²) in [4.78, 5) is 12.0. The van der Waals surface area contributed by atoms with Crippen LogP contribution >= 0.6 is 11.6 Å². The highest BCUT2D eigenvalue weighted by atomic mass is 35.5. The Labute approximate surface area is 123 Å². The van der Waals surface area contributed by atoms with Crippen molar-refractivity contribution < 1.29 is 9.53 Å². The van der Waals surface area contributed by atoms with E-state index >= 15 is 0 Å². The number of hydrogen-bond donors (Lipinski definition) is 1. The molecule has 20 heavy (non-hydrogen) atoms. The van der Waals surface area contributed by atoms with Crippen LogP contribution in [0.5, 0.6) is 5.75 Å². The molecule has 2 aromatic rings. The summed E-state index contributed by atoms with van der Waals surface area (Å²) >= 11 is 5.77. The fourth-order valence-corrected chi connectivity index (χ4v) is 2.07. The first-order chi connectivity index (χ1) is 9.71. The summed E-state index contributed by atoms with van der Waals surface area (Å²) in [5.41, 5.74) is 2.65. The van der Waals surface area contributed by atoms with E-state index in [-0.39, 0.29) is 5.91 Å². The van der Waals surface area contributed by atoms with Gasteiger partial charge in [0, 0.05) is 11.6 Å². The zero-order chi connectivity index (χ0) is 14.4. The predicted octanol–water partition coefficient (Wildman–Crippen LogP) is 3.62. The van der Waals surface area contributed by atoms with Crippen molar-refractivity contribution in [3.05, 3.63) is 59.7 Å². The summed E-state index contributed by atoms with van der Waals surface area (Å²) in [5.74, 6) is 1.11. The number of alkyl halides is 1. The van der Waals surface area contributed by atoms with E-state index in [4.69, 9.17) is 16.3 Å². The molecule has 2 rings (SSSR count). The molecule has 2 aromatic carbocycles. The van der Waals surface area contributed by atoms with E-state index < -0.39 is 0 Å². The standard InChI is InChI=1S/C16H16ClNO2/c1-20-15-7-3-4-12(9-15)10-16(19)18-14-6-2-5-13(8-14)11-17/h2-9H,10-11H2,1H3,(H,18,19). The molecule has 0 aliphatic rings. The van der Waals surface area contributed by atoms with Crippen molar-refractivity contribution in [2.24, 2.45) is 0 Å². The Morgan fingerprint density at radius 2 is 1.90 bits per heavy atom. The Morgan fingerprint density at radius 1 is 1.15 bits per heavy atom. The van der Waals surface area contributed by atoms with Crippen LogP contribution in [-0.4, -0.2) is 13.0 Å². The van der Waals surface area contributed by atoms with E-state index in [1.807, 2.05) is 48.5 Å². The summed E-state index contributed by atoms with van der Waals surface area (Å²) in [5, 5.41) is 2.86. The van der Waals surface area contributed by atoms with Crippen molar-refractivity contribution in [2.75, 3.05) is 12.4 Å². The summed E-state index contributed by atoms with van der Waals surface area (Å²) < 4.78 is 5.14. The number of carbonyl (C=O) groups is 1. The molecule has 0 aromatic heterocycles. The molecule has 0 radical (unpaired) electrons. The third kappa shape index (κ3) is 4.00. The molecule has 1 N–H and O–H groups in total. The molecule has 1 amide bonds. The summed E-state index contributed by atoms with van der Waals surface area (Å²) in [7, 11) is 1.61. The van der Waals surface area contributed by atoms with Gasteiger partial charge in [-0.05, 0) is 35.4 Å². The van der Waals surface area contributed by atoms with Crippen LogP contribution in [0.25, 0.3) is 0 Å². The number of ether oxygens (including phenoxy) is 1. The highest BCUT2D eigenvalue weighted by Gasteiger charge is 2.05. The first-order valence-electron chi connectivity index (χ1n) is 6.29. The molecular formula is C16H16ClNO2. The molecule has 0 fully saturated rings. The lowest BCUT2D eigenvalue weighted by molar-refractivity contribution is -0.115. The van der Waals surface area contributed by atoms with Crippen molar-refractivity contribution in [3.63, 3.8) is 0 Å². The van der Waals surface area contributed by atoms with Gasteiger partial charge in [-0.25, -0.2) is 0 Å². The maximum absolute atomic E-state index is 12.0. The first-order valence-corrected chi connectivity index (χ1v) is 6.82. The lowest BCUT2D eigenvalue weighted by Gasteiger charge is -2.07. The van der Waals surface area contributed by atoms with Crippen LogP contribution < -0.4 is 10.1 Å². The lowest BCUT2D eigenvalue weighted by atomic mass is 10.1. The van der Waals surface area contributed by atoms with Gasteiger partial charge in [-0.2, -0.15) is 0 Å². The molecule has 0 unspecified atom stereocenters. The van der Waals surface area contributed by atoms with Gasteiger partial charge < -0.3 is 10.1 Å². The summed E-state index contributed by atoms with van der Waals surface area (Å²) in [6.45, 7) is 0. The van der Waals surface area contributed by atoms with Crippen molar-refractivity contribution >= 4 is 23.2 Å². The maximum atomic E-state index is 12.0. The van der Waals surface area contributed by atoms with Crippen molar-refractivity contribution in [2.45, 2.75) is 12.3 Å². The molecule has 0 saturated heterocycles. The van der Waals surface area contributed by atoms with Gasteiger partial charge in [-0.3, -0.25) is 4.79 Å². The molecular weight excluding hydrogens is 274 g/mol. The molecule has 0 bridgehead atoms. The lowest BCUT2D eigenvalue weighted by Crippen LogP contribution is -2.14. The van der Waals surface area contributed by atoms with Crippen molar-refractivity contribution in [1.82, 2.24) is 0 Å². The number of amides is 1. The predicted molar refractivity (Wildman–Crippen MR) is 81.3 cm³/mol. The van der Waals surface area contributed by atoms with Crippen molar-refractivity contribution in [3.8, 4) is 5.75 Å². The highest BCUT2D eigenvalue weighted by Crippen LogP contribution is 2.15. The second kappa shape index (κ2) is 6.96. The number of hydrogen-bond acceptors (Lipinski definition) is 2. The van der Waals surface area contributed by atoms with Crippen LogP contribution in [-0.2, 0) is 17.1 Å². The monoisotopic (exact) mass is 289 g/mol. The van der Waals surface area contributed by atoms with Gasteiger partial charge in [0.15, 0.2) is 0 Å². The van der Waals surface area contributed by atoms with E-state index in [9.17, 15) is 4.79 Å². The van der Waals surface area contributed by atoms with Crippen LogP contribution in [0.2, 0.25) is 0 Å². The highest BCUT2D eigenvalue weighted by molar-refractivity contribution is 6.17. The van der Waals surface area contributed by atoms with Crippen molar-refractivity contribution in [1.29, 1.82) is 0 Å². The van der Waals surface area contributed by atoms with Gasteiger partial charge >= 0.3 is 0 Å². The van der Waals surface area contributed by atoms with E-state index in [0.29, 0.717) is 12.3 Å². The van der Waals surface area contributed by atoms with E-state index in [0.717, 1.165) is 22.6 Å². The van der Waals surface area contributed by atoms with Gasteiger partial charge in [-0.15, -0.1) is 11.6 Å². The fraction of sp³-hybridized carbons (Fsp3) is 0.188. The summed E-state index contributed by atoms with van der Waals surface area (Å²) in [6, 6.07) is 15.0. The molecule has 0 saturated carbocycles. The zero-order valence-corrected chi connectivity index (χ0v) is 12.0. The molecule has 0 heterocycles.